The van der Waals surface area contributed by atoms with Gasteiger partial charge < -0.3 is 21.1 Å². The van der Waals surface area contributed by atoms with Crippen molar-refractivity contribution >= 4 is 17.3 Å². The molecule has 0 radical (unpaired) electrons. The minimum atomic E-state index is -0.756. The van der Waals surface area contributed by atoms with E-state index in [9.17, 15) is 14.4 Å². The van der Waals surface area contributed by atoms with Crippen molar-refractivity contribution in [3.8, 4) is 0 Å². The molecule has 0 aromatic heterocycles. The number of hydrogen-bond donors (Lipinski definition) is 2. The SMILES string of the molecule is CC(C)=O.CC(C)=O.NC(N)C(=O)C1CCCCCC1. The minimum Gasteiger partial charge on any atom is -0.310 e. The molecule has 1 rings (SSSR count). The smallest absolute Gasteiger partial charge is 0.166 e. The number of carbonyl (C=O) groups is 3. The Bertz CT molecular complexity index is 273. The van der Waals surface area contributed by atoms with E-state index < -0.39 is 6.17 Å². The quantitative estimate of drug-likeness (QED) is 0.596. The molecular weight excluding hydrogens is 256 g/mol. The first-order valence-electron chi connectivity index (χ1n) is 7.17. The molecule has 0 saturated heterocycles. The Hall–Kier alpha value is -1.07. The number of ketones is 3. The second-order valence-corrected chi connectivity index (χ2v) is 5.43. The molecule has 1 aliphatic rings. The van der Waals surface area contributed by atoms with Gasteiger partial charge in [0.25, 0.3) is 0 Å². The normalized spacial score (nSPS) is 15.2. The first kappa shape index (κ1) is 21.2. The van der Waals surface area contributed by atoms with Gasteiger partial charge in [-0.05, 0) is 40.5 Å². The summed E-state index contributed by atoms with van der Waals surface area (Å²) in [6.45, 7) is 6.11. The maximum Gasteiger partial charge on any atom is 0.166 e. The van der Waals surface area contributed by atoms with Crippen LogP contribution >= 0.6 is 0 Å². The third-order valence-electron chi connectivity index (χ3n) is 2.59. The summed E-state index contributed by atoms with van der Waals surface area (Å²) in [6.07, 6.45) is 6.04. The van der Waals surface area contributed by atoms with Crippen molar-refractivity contribution in [1.82, 2.24) is 0 Å². The van der Waals surface area contributed by atoms with Gasteiger partial charge in [-0.15, -0.1) is 0 Å². The maximum atomic E-state index is 11.4. The van der Waals surface area contributed by atoms with E-state index in [2.05, 4.69) is 0 Å². The summed E-state index contributed by atoms with van der Waals surface area (Å²) in [5.41, 5.74) is 10.7. The molecule has 0 aromatic carbocycles. The summed E-state index contributed by atoms with van der Waals surface area (Å²) in [6, 6.07) is 0. The zero-order valence-corrected chi connectivity index (χ0v) is 13.3. The van der Waals surface area contributed by atoms with Crippen molar-refractivity contribution in [2.45, 2.75) is 72.4 Å². The molecule has 5 heteroatoms. The zero-order chi connectivity index (χ0) is 16.1. The zero-order valence-electron chi connectivity index (χ0n) is 13.3. The maximum absolute atomic E-state index is 11.4. The molecule has 0 spiro atoms. The summed E-state index contributed by atoms with van der Waals surface area (Å²) in [7, 11) is 0. The van der Waals surface area contributed by atoms with Crippen LogP contribution in [0.15, 0.2) is 0 Å². The number of Topliss-reactive ketones (excluding diaryl/α,β-unsaturated/α-hetero) is 3. The molecule has 0 heterocycles. The number of hydrogen-bond acceptors (Lipinski definition) is 5. The third-order valence-corrected chi connectivity index (χ3v) is 2.59. The molecule has 1 fully saturated rings. The van der Waals surface area contributed by atoms with Gasteiger partial charge in [0.15, 0.2) is 5.78 Å². The van der Waals surface area contributed by atoms with Gasteiger partial charge in [-0.1, -0.05) is 25.7 Å². The van der Waals surface area contributed by atoms with Crippen molar-refractivity contribution in [3.05, 3.63) is 0 Å². The molecule has 118 valence electrons. The van der Waals surface area contributed by atoms with Crippen molar-refractivity contribution in [2.75, 3.05) is 0 Å². The Balaban J connectivity index is 0. The molecule has 0 aromatic rings. The highest BCUT2D eigenvalue weighted by Gasteiger charge is 2.22. The van der Waals surface area contributed by atoms with E-state index >= 15 is 0 Å². The van der Waals surface area contributed by atoms with E-state index in [0.717, 1.165) is 25.7 Å². The Morgan fingerprint density at radius 1 is 0.800 bits per heavy atom. The van der Waals surface area contributed by atoms with Gasteiger partial charge in [0.2, 0.25) is 0 Å². The van der Waals surface area contributed by atoms with Crippen LogP contribution in [0, 0.1) is 5.92 Å². The van der Waals surface area contributed by atoms with Crippen molar-refractivity contribution in [2.24, 2.45) is 17.4 Å². The predicted octanol–water partition coefficient (Wildman–Crippen LogP) is 1.96. The van der Waals surface area contributed by atoms with E-state index in [-0.39, 0.29) is 23.3 Å². The van der Waals surface area contributed by atoms with Crippen LogP contribution in [-0.4, -0.2) is 23.5 Å². The molecule has 20 heavy (non-hydrogen) atoms. The fraction of sp³-hybridized carbons (Fsp3) is 0.800. The second-order valence-electron chi connectivity index (χ2n) is 5.43. The van der Waals surface area contributed by atoms with E-state index in [1.807, 2.05) is 0 Å². The van der Waals surface area contributed by atoms with E-state index in [4.69, 9.17) is 11.5 Å². The van der Waals surface area contributed by atoms with Crippen molar-refractivity contribution in [3.63, 3.8) is 0 Å². The lowest BCUT2D eigenvalue weighted by molar-refractivity contribution is -0.124. The van der Waals surface area contributed by atoms with Gasteiger partial charge >= 0.3 is 0 Å². The summed E-state index contributed by atoms with van der Waals surface area (Å²) < 4.78 is 0. The molecule has 0 bridgehead atoms. The molecule has 1 saturated carbocycles. The van der Waals surface area contributed by atoms with Gasteiger partial charge in [0.05, 0.1) is 0 Å². The molecule has 0 aliphatic heterocycles. The van der Waals surface area contributed by atoms with Crippen LogP contribution in [0.3, 0.4) is 0 Å². The average Bonchev–Trinajstić information content (AvgIpc) is 2.54. The van der Waals surface area contributed by atoms with Crippen LogP contribution in [0.25, 0.3) is 0 Å². The van der Waals surface area contributed by atoms with Gasteiger partial charge in [-0.2, -0.15) is 0 Å². The fourth-order valence-electron chi connectivity index (χ4n) is 1.84. The summed E-state index contributed by atoms with van der Waals surface area (Å²) >= 11 is 0. The van der Waals surface area contributed by atoms with Crippen LogP contribution in [0.4, 0.5) is 0 Å². The topological polar surface area (TPSA) is 103 Å². The van der Waals surface area contributed by atoms with E-state index in [1.165, 1.54) is 40.5 Å². The highest BCUT2D eigenvalue weighted by molar-refractivity contribution is 5.85. The first-order valence-corrected chi connectivity index (χ1v) is 7.17. The summed E-state index contributed by atoms with van der Waals surface area (Å²) in [4.78, 5) is 30.3. The number of nitrogens with two attached hydrogens (primary N) is 2. The lowest BCUT2D eigenvalue weighted by Crippen LogP contribution is -2.42. The number of carbonyl (C=O) groups excluding carboxylic acids is 3. The lowest BCUT2D eigenvalue weighted by atomic mass is 9.94. The Morgan fingerprint density at radius 2 is 1.10 bits per heavy atom. The molecule has 0 amide bonds. The third kappa shape index (κ3) is 16.9. The van der Waals surface area contributed by atoms with Crippen LogP contribution in [-0.2, 0) is 14.4 Å². The van der Waals surface area contributed by atoms with Crippen LogP contribution in [0.2, 0.25) is 0 Å². The molecule has 1 aliphatic carbocycles. The molecular formula is C15H30N2O3. The molecule has 5 nitrogen and oxygen atoms in total. The molecule has 4 N–H and O–H groups in total. The standard InChI is InChI=1S/C9H18N2O.2C3H6O/c10-9(11)8(12)7-5-3-1-2-4-6-7;2*1-3(2)4/h7,9H,1-6,10-11H2;2*1-2H3. The van der Waals surface area contributed by atoms with Crippen molar-refractivity contribution < 1.29 is 14.4 Å². The van der Waals surface area contributed by atoms with Gasteiger partial charge in [-0.3, -0.25) is 4.79 Å². The Labute approximate surface area is 122 Å². The monoisotopic (exact) mass is 286 g/mol. The highest BCUT2D eigenvalue weighted by Crippen LogP contribution is 2.23. The van der Waals surface area contributed by atoms with E-state index in [0.29, 0.717) is 0 Å². The molecule has 0 unspecified atom stereocenters. The van der Waals surface area contributed by atoms with Crippen molar-refractivity contribution in [1.29, 1.82) is 0 Å². The number of rotatable bonds is 2. The Morgan fingerprint density at radius 3 is 1.35 bits per heavy atom. The van der Waals surface area contributed by atoms with Crippen LogP contribution < -0.4 is 11.5 Å². The minimum absolute atomic E-state index is 0.0527. The van der Waals surface area contributed by atoms with Crippen LogP contribution in [0.5, 0.6) is 0 Å². The fourth-order valence-corrected chi connectivity index (χ4v) is 1.84. The van der Waals surface area contributed by atoms with Gasteiger partial charge in [-0.25, -0.2) is 0 Å². The largest absolute Gasteiger partial charge is 0.310 e. The first-order chi connectivity index (χ1) is 9.18. The summed E-state index contributed by atoms with van der Waals surface area (Å²) in [5, 5.41) is 0. The van der Waals surface area contributed by atoms with Gasteiger partial charge in [0.1, 0.15) is 17.7 Å². The predicted molar refractivity (Wildman–Crippen MR) is 81.1 cm³/mol. The second kappa shape index (κ2) is 12.9. The summed E-state index contributed by atoms with van der Waals surface area (Å²) in [5.74, 6) is 0.532. The van der Waals surface area contributed by atoms with Crippen LogP contribution in [0.1, 0.15) is 66.2 Å². The molecule has 0 atom stereocenters. The van der Waals surface area contributed by atoms with E-state index in [1.54, 1.807) is 0 Å². The van der Waals surface area contributed by atoms with Gasteiger partial charge in [0, 0.05) is 5.92 Å². The average molecular weight is 286 g/mol. The highest BCUT2D eigenvalue weighted by atomic mass is 16.1. The lowest BCUT2D eigenvalue weighted by Gasteiger charge is -2.14. The Kier molecular flexibility index (Phi) is 13.7.